The predicted molar refractivity (Wildman–Crippen MR) is 115 cm³/mol. The van der Waals surface area contributed by atoms with Crippen LogP contribution in [-0.4, -0.2) is 51.3 Å². The standard InChI is InChI=1S/C21H24N4O6/c1-4-22-20(27)21(28)25-23-12-14-5-10-17(18(11-14)30-3)31-13-19(26)24-15-6-8-16(29-2)9-7-15/h5-12H,4,13H2,1-3H3,(H,22,27)(H,24,26)(H,25,28)/b23-12-. The van der Waals surface area contributed by atoms with Gasteiger partial charge < -0.3 is 24.8 Å². The SMILES string of the molecule is CCNC(=O)C(=O)N/N=C\c1ccc(OCC(=O)Nc2ccc(OC)cc2)c(OC)c1. The number of ether oxygens (including phenoxy) is 3. The molecule has 0 aromatic heterocycles. The minimum atomic E-state index is -0.868. The molecule has 0 saturated heterocycles. The molecule has 0 atom stereocenters. The Hall–Kier alpha value is -4.08. The zero-order chi connectivity index (χ0) is 22.6. The van der Waals surface area contributed by atoms with E-state index in [4.69, 9.17) is 14.2 Å². The molecule has 0 aliphatic rings. The van der Waals surface area contributed by atoms with E-state index in [0.29, 0.717) is 35.0 Å². The number of benzene rings is 2. The Balaban J connectivity index is 1.91. The number of likely N-dealkylation sites (N-methyl/N-ethyl adjacent to an activating group) is 1. The maximum Gasteiger partial charge on any atom is 0.329 e. The Kier molecular flexibility index (Phi) is 8.84. The van der Waals surface area contributed by atoms with Gasteiger partial charge in [0.05, 0.1) is 20.4 Å². The van der Waals surface area contributed by atoms with Crippen LogP contribution in [0.1, 0.15) is 12.5 Å². The minimum Gasteiger partial charge on any atom is -0.497 e. The highest BCUT2D eigenvalue weighted by Crippen LogP contribution is 2.27. The van der Waals surface area contributed by atoms with Crippen molar-refractivity contribution in [1.29, 1.82) is 0 Å². The molecule has 0 fully saturated rings. The first kappa shape index (κ1) is 23.2. The fourth-order valence-electron chi connectivity index (χ4n) is 2.36. The topological polar surface area (TPSA) is 127 Å². The summed E-state index contributed by atoms with van der Waals surface area (Å²) < 4.78 is 15.9. The Labute approximate surface area is 179 Å². The monoisotopic (exact) mass is 428 g/mol. The molecule has 2 aromatic rings. The highest BCUT2D eigenvalue weighted by molar-refractivity contribution is 6.35. The number of amides is 3. The molecule has 31 heavy (non-hydrogen) atoms. The summed E-state index contributed by atoms with van der Waals surface area (Å²) in [7, 11) is 3.02. The molecule has 10 nitrogen and oxygen atoms in total. The van der Waals surface area contributed by atoms with Crippen LogP contribution in [0.3, 0.4) is 0 Å². The smallest absolute Gasteiger partial charge is 0.329 e. The summed E-state index contributed by atoms with van der Waals surface area (Å²) in [5.41, 5.74) is 3.32. The Morgan fingerprint density at radius 1 is 0.968 bits per heavy atom. The lowest BCUT2D eigenvalue weighted by atomic mass is 10.2. The van der Waals surface area contributed by atoms with E-state index >= 15 is 0 Å². The Bertz CT molecular complexity index is 943. The highest BCUT2D eigenvalue weighted by atomic mass is 16.5. The van der Waals surface area contributed by atoms with Gasteiger partial charge in [-0.3, -0.25) is 14.4 Å². The van der Waals surface area contributed by atoms with Crippen LogP contribution < -0.4 is 30.3 Å². The number of nitrogens with zero attached hydrogens (tertiary/aromatic N) is 1. The third-order valence-electron chi connectivity index (χ3n) is 3.84. The fraction of sp³-hybridized carbons (Fsp3) is 0.238. The van der Waals surface area contributed by atoms with Crippen molar-refractivity contribution >= 4 is 29.6 Å². The van der Waals surface area contributed by atoms with Gasteiger partial charge in [-0.2, -0.15) is 5.10 Å². The summed E-state index contributed by atoms with van der Waals surface area (Å²) in [5.74, 6) is -0.564. The van der Waals surface area contributed by atoms with Crippen molar-refractivity contribution in [2.45, 2.75) is 6.92 Å². The lowest BCUT2D eigenvalue weighted by Crippen LogP contribution is -2.37. The quantitative estimate of drug-likeness (QED) is 0.314. The second kappa shape index (κ2) is 11.8. The maximum absolute atomic E-state index is 12.1. The molecule has 0 radical (unpaired) electrons. The molecule has 164 valence electrons. The molecule has 0 saturated carbocycles. The van der Waals surface area contributed by atoms with Crippen LogP contribution in [0.2, 0.25) is 0 Å². The molecule has 0 aliphatic heterocycles. The second-order valence-corrected chi connectivity index (χ2v) is 6.03. The van der Waals surface area contributed by atoms with Gasteiger partial charge in [0.1, 0.15) is 5.75 Å². The van der Waals surface area contributed by atoms with Gasteiger partial charge in [-0.1, -0.05) is 0 Å². The van der Waals surface area contributed by atoms with Crippen molar-refractivity contribution < 1.29 is 28.6 Å². The number of carbonyl (C=O) groups is 3. The second-order valence-electron chi connectivity index (χ2n) is 6.03. The van der Waals surface area contributed by atoms with E-state index in [1.54, 1.807) is 56.5 Å². The van der Waals surface area contributed by atoms with Crippen LogP contribution in [-0.2, 0) is 14.4 Å². The van der Waals surface area contributed by atoms with Crippen molar-refractivity contribution in [2.75, 3.05) is 32.7 Å². The van der Waals surface area contributed by atoms with Gasteiger partial charge in [0.15, 0.2) is 18.1 Å². The van der Waals surface area contributed by atoms with Crippen LogP contribution >= 0.6 is 0 Å². The van der Waals surface area contributed by atoms with Crippen molar-refractivity contribution in [3.8, 4) is 17.2 Å². The molecule has 0 spiro atoms. The van der Waals surface area contributed by atoms with Crippen LogP contribution in [0.15, 0.2) is 47.6 Å². The summed E-state index contributed by atoms with van der Waals surface area (Å²) in [4.78, 5) is 34.9. The highest BCUT2D eigenvalue weighted by Gasteiger charge is 2.11. The number of anilines is 1. The Morgan fingerprint density at radius 2 is 1.71 bits per heavy atom. The van der Waals surface area contributed by atoms with Crippen molar-refractivity contribution in [1.82, 2.24) is 10.7 Å². The molecule has 0 bridgehead atoms. The van der Waals surface area contributed by atoms with E-state index in [0.717, 1.165) is 0 Å². The molecule has 2 aromatic carbocycles. The molecule has 0 unspecified atom stereocenters. The molecule has 3 N–H and O–H groups in total. The van der Waals surface area contributed by atoms with Crippen LogP contribution in [0.5, 0.6) is 17.2 Å². The molecular weight excluding hydrogens is 404 g/mol. The number of methoxy groups -OCH3 is 2. The third kappa shape index (κ3) is 7.35. The zero-order valence-corrected chi connectivity index (χ0v) is 17.4. The fourth-order valence-corrected chi connectivity index (χ4v) is 2.36. The first-order chi connectivity index (χ1) is 15.0. The summed E-state index contributed by atoms with van der Waals surface area (Å²) in [6.07, 6.45) is 1.35. The molecule has 3 amide bonds. The number of hydrazone groups is 1. The average molecular weight is 428 g/mol. The molecular formula is C21H24N4O6. The minimum absolute atomic E-state index is 0.224. The van der Waals surface area contributed by atoms with Gasteiger partial charge in [0, 0.05) is 12.2 Å². The zero-order valence-electron chi connectivity index (χ0n) is 17.4. The van der Waals surface area contributed by atoms with E-state index in [2.05, 4.69) is 21.2 Å². The normalized spacial score (nSPS) is 10.3. The lowest BCUT2D eigenvalue weighted by Gasteiger charge is -2.11. The first-order valence-electron chi connectivity index (χ1n) is 9.32. The van der Waals surface area contributed by atoms with Crippen LogP contribution in [0.25, 0.3) is 0 Å². The number of carbonyl (C=O) groups excluding carboxylic acids is 3. The van der Waals surface area contributed by atoms with E-state index < -0.39 is 11.8 Å². The van der Waals surface area contributed by atoms with Gasteiger partial charge in [-0.15, -0.1) is 0 Å². The summed E-state index contributed by atoms with van der Waals surface area (Å²) >= 11 is 0. The van der Waals surface area contributed by atoms with Crippen LogP contribution in [0.4, 0.5) is 5.69 Å². The van der Waals surface area contributed by atoms with Crippen LogP contribution in [0, 0.1) is 0 Å². The number of nitrogens with one attached hydrogen (secondary N) is 3. The lowest BCUT2D eigenvalue weighted by molar-refractivity contribution is -0.139. The van der Waals surface area contributed by atoms with Crippen molar-refractivity contribution in [2.24, 2.45) is 5.10 Å². The van der Waals surface area contributed by atoms with Gasteiger partial charge in [0.25, 0.3) is 5.91 Å². The summed E-state index contributed by atoms with van der Waals surface area (Å²) in [5, 5.41) is 8.81. The summed E-state index contributed by atoms with van der Waals surface area (Å²) in [6.45, 7) is 1.82. The van der Waals surface area contributed by atoms with Gasteiger partial charge in [-0.25, -0.2) is 5.43 Å². The van der Waals surface area contributed by atoms with Crippen molar-refractivity contribution in [3.63, 3.8) is 0 Å². The van der Waals surface area contributed by atoms with E-state index in [1.807, 2.05) is 0 Å². The van der Waals surface area contributed by atoms with Gasteiger partial charge in [0.2, 0.25) is 0 Å². The molecule has 10 heteroatoms. The van der Waals surface area contributed by atoms with Gasteiger partial charge >= 0.3 is 11.8 Å². The summed E-state index contributed by atoms with van der Waals surface area (Å²) in [6, 6.07) is 11.8. The predicted octanol–water partition coefficient (Wildman–Crippen LogP) is 1.31. The first-order valence-corrected chi connectivity index (χ1v) is 9.32. The Morgan fingerprint density at radius 3 is 2.35 bits per heavy atom. The van der Waals surface area contributed by atoms with Gasteiger partial charge in [-0.05, 0) is 55.0 Å². The largest absolute Gasteiger partial charge is 0.497 e. The van der Waals surface area contributed by atoms with Crippen molar-refractivity contribution in [3.05, 3.63) is 48.0 Å². The molecule has 2 rings (SSSR count). The maximum atomic E-state index is 12.1. The number of hydrogen-bond donors (Lipinski definition) is 3. The molecule has 0 heterocycles. The molecule has 0 aliphatic carbocycles. The number of rotatable bonds is 9. The van der Waals surface area contributed by atoms with E-state index in [9.17, 15) is 14.4 Å². The van der Waals surface area contributed by atoms with E-state index in [1.165, 1.54) is 13.3 Å². The van der Waals surface area contributed by atoms with E-state index in [-0.39, 0.29) is 12.5 Å². The average Bonchev–Trinajstić information content (AvgIpc) is 2.78. The number of hydrogen-bond acceptors (Lipinski definition) is 7. The third-order valence-corrected chi connectivity index (χ3v) is 3.84.